The van der Waals surface area contributed by atoms with Crippen LogP contribution >= 0.6 is 0 Å². The van der Waals surface area contributed by atoms with Gasteiger partial charge in [0.1, 0.15) is 5.82 Å². The number of carbonyl (C=O) groups is 1. The van der Waals surface area contributed by atoms with Crippen LogP contribution in [0.25, 0.3) is 11.4 Å². The maximum Gasteiger partial charge on any atom is 0.356 e. The molecule has 1 aliphatic heterocycles. The fraction of sp³-hybridized carbons (Fsp3) is 0.333. The van der Waals surface area contributed by atoms with E-state index in [1.54, 1.807) is 0 Å². The van der Waals surface area contributed by atoms with Gasteiger partial charge in [-0.2, -0.15) is 0 Å². The molecule has 2 aromatic rings. The molecule has 5 nitrogen and oxygen atoms in total. The topological polar surface area (TPSA) is 81.1 Å². The third-order valence-corrected chi connectivity index (χ3v) is 3.73. The highest BCUT2D eigenvalue weighted by Gasteiger charge is 2.28. The Bertz CT molecular complexity index is 676. The minimum absolute atomic E-state index is 0.136. The fourth-order valence-electron chi connectivity index (χ4n) is 2.83. The molecule has 0 radical (unpaired) electrons. The Balaban J connectivity index is 2.23. The molecular formula is C15H17N3O2. The van der Waals surface area contributed by atoms with E-state index < -0.39 is 5.97 Å². The molecule has 3 N–H and O–H groups in total. The maximum absolute atomic E-state index is 11.4. The standard InChI is InChI=1S/C15H17N3O2/c1-9-4-2-5-10(8-9)14-17-13(15(19)20)11-6-3-7-12(16)18(11)14/h2,4-5,8,12H,3,6-7,16H2,1H3,(H,19,20). The van der Waals surface area contributed by atoms with E-state index in [-0.39, 0.29) is 11.9 Å². The number of hydrogen-bond acceptors (Lipinski definition) is 3. The summed E-state index contributed by atoms with van der Waals surface area (Å²) in [5.74, 6) is -0.324. The summed E-state index contributed by atoms with van der Waals surface area (Å²) in [6.07, 6.45) is 2.27. The van der Waals surface area contributed by atoms with Gasteiger partial charge in [-0.1, -0.05) is 23.8 Å². The number of carboxylic acid groups (broad SMARTS) is 1. The molecule has 0 bridgehead atoms. The molecule has 0 aliphatic carbocycles. The van der Waals surface area contributed by atoms with Gasteiger partial charge in [0, 0.05) is 5.56 Å². The summed E-state index contributed by atoms with van der Waals surface area (Å²) in [6, 6.07) is 7.89. The van der Waals surface area contributed by atoms with Crippen LogP contribution in [-0.2, 0) is 6.42 Å². The molecule has 0 fully saturated rings. The second-order valence-corrected chi connectivity index (χ2v) is 5.23. The second-order valence-electron chi connectivity index (χ2n) is 5.23. The average Bonchev–Trinajstić information content (AvgIpc) is 2.80. The number of fused-ring (bicyclic) bond motifs is 1. The van der Waals surface area contributed by atoms with Crippen LogP contribution in [0.5, 0.6) is 0 Å². The third-order valence-electron chi connectivity index (χ3n) is 3.73. The third kappa shape index (κ3) is 2.00. The zero-order valence-corrected chi connectivity index (χ0v) is 11.3. The molecule has 1 aromatic heterocycles. The first-order valence-corrected chi connectivity index (χ1v) is 6.75. The molecule has 0 amide bonds. The van der Waals surface area contributed by atoms with Crippen LogP contribution in [0.4, 0.5) is 0 Å². The summed E-state index contributed by atoms with van der Waals surface area (Å²) in [4.78, 5) is 15.7. The molecule has 104 valence electrons. The first kappa shape index (κ1) is 12.9. The van der Waals surface area contributed by atoms with Crippen molar-refractivity contribution in [3.05, 3.63) is 41.2 Å². The second kappa shape index (κ2) is 4.76. The predicted octanol–water partition coefficient (Wildman–Crippen LogP) is 2.35. The Morgan fingerprint density at radius 3 is 3.00 bits per heavy atom. The number of carboxylic acids is 1. The number of rotatable bonds is 2. The van der Waals surface area contributed by atoms with Crippen molar-refractivity contribution < 1.29 is 9.90 Å². The van der Waals surface area contributed by atoms with Crippen molar-refractivity contribution in [2.24, 2.45) is 5.73 Å². The predicted molar refractivity (Wildman–Crippen MR) is 75.5 cm³/mol. The van der Waals surface area contributed by atoms with E-state index in [0.717, 1.165) is 29.7 Å². The molecule has 3 rings (SSSR count). The summed E-state index contributed by atoms with van der Waals surface area (Å²) in [7, 11) is 0. The van der Waals surface area contributed by atoms with Crippen molar-refractivity contribution in [3.63, 3.8) is 0 Å². The quantitative estimate of drug-likeness (QED) is 0.878. The van der Waals surface area contributed by atoms with Crippen LogP contribution in [0.1, 0.15) is 40.8 Å². The van der Waals surface area contributed by atoms with Crippen molar-refractivity contribution in [1.29, 1.82) is 0 Å². The van der Waals surface area contributed by atoms with Crippen molar-refractivity contribution in [2.75, 3.05) is 0 Å². The smallest absolute Gasteiger partial charge is 0.356 e. The van der Waals surface area contributed by atoms with E-state index in [1.165, 1.54) is 0 Å². The molecule has 0 saturated carbocycles. The van der Waals surface area contributed by atoms with Gasteiger partial charge in [-0.05, 0) is 32.3 Å². The Morgan fingerprint density at radius 2 is 2.30 bits per heavy atom. The molecule has 1 aromatic carbocycles. The Hall–Kier alpha value is -2.14. The molecule has 0 saturated heterocycles. The van der Waals surface area contributed by atoms with Gasteiger partial charge in [-0.25, -0.2) is 9.78 Å². The van der Waals surface area contributed by atoms with E-state index in [9.17, 15) is 9.90 Å². The van der Waals surface area contributed by atoms with Crippen molar-refractivity contribution in [1.82, 2.24) is 9.55 Å². The highest BCUT2D eigenvalue weighted by molar-refractivity contribution is 5.88. The number of benzene rings is 1. The SMILES string of the molecule is Cc1cccc(-c2nc(C(=O)O)c3n2C(N)CCC3)c1. The lowest BCUT2D eigenvalue weighted by Gasteiger charge is -2.24. The molecule has 1 aliphatic rings. The van der Waals surface area contributed by atoms with Gasteiger partial charge in [-0.3, -0.25) is 0 Å². The summed E-state index contributed by atoms with van der Waals surface area (Å²) in [5, 5.41) is 9.33. The number of aromatic nitrogens is 2. The van der Waals surface area contributed by atoms with E-state index in [1.807, 2.05) is 35.8 Å². The molecule has 5 heteroatoms. The van der Waals surface area contributed by atoms with Crippen molar-refractivity contribution in [3.8, 4) is 11.4 Å². The summed E-state index contributed by atoms with van der Waals surface area (Å²) in [6.45, 7) is 2.00. The van der Waals surface area contributed by atoms with E-state index in [4.69, 9.17) is 5.73 Å². The van der Waals surface area contributed by atoms with Crippen LogP contribution in [0.2, 0.25) is 0 Å². The Morgan fingerprint density at radius 1 is 1.50 bits per heavy atom. The van der Waals surface area contributed by atoms with Crippen LogP contribution in [0, 0.1) is 6.92 Å². The van der Waals surface area contributed by atoms with Gasteiger partial charge >= 0.3 is 5.97 Å². The summed E-state index contributed by atoms with van der Waals surface area (Å²) < 4.78 is 1.89. The minimum atomic E-state index is -0.984. The van der Waals surface area contributed by atoms with Crippen molar-refractivity contribution in [2.45, 2.75) is 32.4 Å². The van der Waals surface area contributed by atoms with Gasteiger partial charge in [0.2, 0.25) is 0 Å². The van der Waals surface area contributed by atoms with Gasteiger partial charge < -0.3 is 15.4 Å². The number of imidazole rings is 1. The zero-order chi connectivity index (χ0) is 14.3. The lowest BCUT2D eigenvalue weighted by Crippen LogP contribution is -2.26. The Labute approximate surface area is 117 Å². The highest BCUT2D eigenvalue weighted by atomic mass is 16.4. The van der Waals surface area contributed by atoms with Crippen LogP contribution in [-0.4, -0.2) is 20.6 Å². The van der Waals surface area contributed by atoms with Crippen molar-refractivity contribution >= 4 is 5.97 Å². The van der Waals surface area contributed by atoms with Gasteiger partial charge in [0.25, 0.3) is 0 Å². The lowest BCUT2D eigenvalue weighted by molar-refractivity contribution is 0.0689. The zero-order valence-electron chi connectivity index (χ0n) is 11.3. The maximum atomic E-state index is 11.4. The van der Waals surface area contributed by atoms with E-state index in [0.29, 0.717) is 12.2 Å². The number of nitrogens with two attached hydrogens (primary N) is 1. The minimum Gasteiger partial charge on any atom is -0.476 e. The van der Waals surface area contributed by atoms with Gasteiger partial charge in [-0.15, -0.1) is 0 Å². The number of hydrogen-bond donors (Lipinski definition) is 2. The summed E-state index contributed by atoms with van der Waals surface area (Å²) in [5.41, 5.74) is 9.07. The number of aromatic carboxylic acids is 1. The molecular weight excluding hydrogens is 254 g/mol. The highest BCUT2D eigenvalue weighted by Crippen LogP contribution is 2.31. The van der Waals surface area contributed by atoms with Crippen LogP contribution in [0.15, 0.2) is 24.3 Å². The Kier molecular flexibility index (Phi) is 3.06. The van der Waals surface area contributed by atoms with E-state index >= 15 is 0 Å². The first-order valence-electron chi connectivity index (χ1n) is 6.75. The number of nitrogens with zero attached hydrogens (tertiary/aromatic N) is 2. The molecule has 1 atom stereocenters. The van der Waals surface area contributed by atoms with E-state index in [2.05, 4.69) is 4.98 Å². The molecule has 0 spiro atoms. The van der Waals surface area contributed by atoms with Crippen LogP contribution in [0.3, 0.4) is 0 Å². The van der Waals surface area contributed by atoms with Gasteiger partial charge in [0.15, 0.2) is 5.69 Å². The molecule has 2 heterocycles. The average molecular weight is 271 g/mol. The molecule has 1 unspecified atom stereocenters. The molecule has 20 heavy (non-hydrogen) atoms. The number of aryl methyl sites for hydroxylation is 1. The van der Waals surface area contributed by atoms with Gasteiger partial charge in [0.05, 0.1) is 11.9 Å². The van der Waals surface area contributed by atoms with Crippen LogP contribution < -0.4 is 5.73 Å². The largest absolute Gasteiger partial charge is 0.476 e. The summed E-state index contributed by atoms with van der Waals surface area (Å²) >= 11 is 0. The lowest BCUT2D eigenvalue weighted by atomic mass is 10.1. The first-order chi connectivity index (χ1) is 9.58. The monoisotopic (exact) mass is 271 g/mol. The fourth-order valence-corrected chi connectivity index (χ4v) is 2.83. The normalized spacial score (nSPS) is 17.8.